The molecule has 0 radical (unpaired) electrons. The highest BCUT2D eigenvalue weighted by molar-refractivity contribution is 5.61. The summed E-state index contributed by atoms with van der Waals surface area (Å²) in [6.07, 6.45) is -3.66. The van der Waals surface area contributed by atoms with E-state index in [0.717, 1.165) is 24.4 Å². The highest BCUT2D eigenvalue weighted by atomic mass is 19.4. The van der Waals surface area contributed by atoms with E-state index in [-0.39, 0.29) is 5.82 Å². The van der Waals surface area contributed by atoms with Gasteiger partial charge in [-0.15, -0.1) is 0 Å². The van der Waals surface area contributed by atoms with Crippen molar-refractivity contribution in [2.24, 2.45) is 0 Å². The van der Waals surface area contributed by atoms with Crippen LogP contribution >= 0.6 is 0 Å². The quantitative estimate of drug-likeness (QED) is 0.645. The molecule has 0 aromatic carbocycles. The first-order chi connectivity index (χ1) is 9.24. The molecule has 1 N–H and O–H groups in total. The zero-order valence-electron chi connectivity index (χ0n) is 11.1. The Hall–Kier alpha value is -2.06. The Kier molecular flexibility index (Phi) is 5.12. The zero-order chi connectivity index (χ0) is 15.3. The fraction of sp³-hybridized carbons (Fsp3) is 0.545. The van der Waals surface area contributed by atoms with E-state index < -0.39 is 23.3 Å². The second-order valence-corrected chi connectivity index (χ2v) is 4.19. The lowest BCUT2D eigenvalue weighted by molar-refractivity contribution is -0.384. The second-order valence-electron chi connectivity index (χ2n) is 4.19. The molecule has 0 bridgehead atoms. The lowest BCUT2D eigenvalue weighted by Crippen LogP contribution is -2.32. The molecule has 1 heterocycles. The second kappa shape index (κ2) is 6.40. The van der Waals surface area contributed by atoms with Crippen LogP contribution in [0.25, 0.3) is 0 Å². The van der Waals surface area contributed by atoms with E-state index in [1.165, 1.54) is 6.07 Å². The molecule has 0 unspecified atom stereocenters. The molecule has 0 saturated heterocycles. The molecule has 0 aliphatic rings. The molecule has 6 nitrogen and oxygen atoms in total. The topological polar surface area (TPSA) is 71.3 Å². The maximum Gasteiger partial charge on any atom is 0.405 e. The summed E-state index contributed by atoms with van der Waals surface area (Å²) in [5.41, 5.74) is -0.459. The Morgan fingerprint density at radius 3 is 2.60 bits per heavy atom. The van der Waals surface area contributed by atoms with Gasteiger partial charge in [0.2, 0.25) is 5.82 Å². The Balaban J connectivity index is 3.08. The number of nitrogens with one attached hydrogen (secondary N) is 1. The molecule has 0 fully saturated rings. The molecule has 1 rings (SSSR count). The number of hydrogen-bond acceptors (Lipinski definition) is 5. The molecule has 20 heavy (non-hydrogen) atoms. The van der Waals surface area contributed by atoms with Crippen LogP contribution in [0.4, 0.5) is 30.5 Å². The first-order valence-corrected chi connectivity index (χ1v) is 5.91. The van der Waals surface area contributed by atoms with Crippen LogP contribution in [0.3, 0.4) is 0 Å². The van der Waals surface area contributed by atoms with Crippen LogP contribution in [0, 0.1) is 10.1 Å². The van der Waals surface area contributed by atoms with E-state index in [2.05, 4.69) is 10.3 Å². The van der Waals surface area contributed by atoms with E-state index in [0.29, 0.717) is 12.4 Å². The third-order valence-corrected chi connectivity index (χ3v) is 2.39. The first kappa shape index (κ1) is 16.0. The lowest BCUT2D eigenvalue weighted by atomic mass is 10.3. The third kappa shape index (κ3) is 4.56. The van der Waals surface area contributed by atoms with Gasteiger partial charge in [0.15, 0.2) is 0 Å². The fourth-order valence-corrected chi connectivity index (χ4v) is 1.56. The van der Waals surface area contributed by atoms with Crippen molar-refractivity contribution in [3.63, 3.8) is 0 Å². The van der Waals surface area contributed by atoms with Crippen molar-refractivity contribution in [2.75, 3.05) is 30.4 Å². The van der Waals surface area contributed by atoms with Gasteiger partial charge in [-0.25, -0.2) is 4.98 Å². The van der Waals surface area contributed by atoms with Crippen molar-refractivity contribution >= 4 is 17.3 Å². The number of halogens is 3. The maximum absolute atomic E-state index is 12.4. The molecule has 0 amide bonds. The Bertz CT molecular complexity index is 479. The van der Waals surface area contributed by atoms with Crippen molar-refractivity contribution in [2.45, 2.75) is 19.5 Å². The van der Waals surface area contributed by atoms with Crippen LogP contribution in [-0.2, 0) is 0 Å². The number of rotatable bonds is 6. The number of pyridine rings is 1. The molecular weight excluding hydrogens is 277 g/mol. The summed E-state index contributed by atoms with van der Waals surface area (Å²) in [6, 6.07) is 2.52. The van der Waals surface area contributed by atoms with E-state index in [4.69, 9.17) is 0 Å². The summed E-state index contributed by atoms with van der Waals surface area (Å²) in [4.78, 5) is 14.7. The van der Waals surface area contributed by atoms with Gasteiger partial charge >= 0.3 is 11.9 Å². The normalized spacial score (nSPS) is 11.2. The maximum atomic E-state index is 12.4. The van der Waals surface area contributed by atoms with Crippen molar-refractivity contribution < 1.29 is 18.1 Å². The fourth-order valence-electron chi connectivity index (χ4n) is 1.56. The van der Waals surface area contributed by atoms with Crippen LogP contribution in [0.1, 0.15) is 13.3 Å². The Morgan fingerprint density at radius 1 is 1.45 bits per heavy atom. The van der Waals surface area contributed by atoms with Gasteiger partial charge in [-0.3, -0.25) is 10.1 Å². The number of nitro groups is 1. The average Bonchev–Trinajstić information content (AvgIpc) is 2.33. The van der Waals surface area contributed by atoms with E-state index in [9.17, 15) is 23.3 Å². The minimum atomic E-state index is -4.46. The number of anilines is 2. The molecule has 0 aliphatic heterocycles. The third-order valence-electron chi connectivity index (χ3n) is 2.39. The van der Waals surface area contributed by atoms with Crippen molar-refractivity contribution in [3.05, 3.63) is 22.2 Å². The van der Waals surface area contributed by atoms with Crippen molar-refractivity contribution in [1.82, 2.24) is 4.98 Å². The van der Waals surface area contributed by atoms with Gasteiger partial charge in [-0.2, -0.15) is 13.2 Å². The molecule has 1 aromatic heterocycles. The smallest absolute Gasteiger partial charge is 0.370 e. The zero-order valence-corrected chi connectivity index (χ0v) is 11.1. The predicted molar refractivity (Wildman–Crippen MR) is 69.0 cm³/mol. The molecular formula is C11H15F3N4O2. The van der Waals surface area contributed by atoms with Crippen molar-refractivity contribution in [1.29, 1.82) is 0 Å². The van der Waals surface area contributed by atoms with Gasteiger partial charge in [0.05, 0.1) is 4.92 Å². The summed E-state index contributed by atoms with van der Waals surface area (Å²) >= 11 is 0. The SMILES string of the molecule is CCCNc1ccc([N+](=O)[O-])c(N(C)CC(F)(F)F)n1. The molecule has 1 aromatic rings. The van der Waals surface area contributed by atoms with E-state index >= 15 is 0 Å². The minimum absolute atomic E-state index is 0.307. The van der Waals surface area contributed by atoms with Crippen LogP contribution in [0.15, 0.2) is 12.1 Å². The molecule has 0 atom stereocenters. The van der Waals surface area contributed by atoms with Crippen molar-refractivity contribution in [3.8, 4) is 0 Å². The lowest BCUT2D eigenvalue weighted by Gasteiger charge is -2.20. The van der Waals surface area contributed by atoms with Gasteiger partial charge in [0.1, 0.15) is 12.4 Å². The van der Waals surface area contributed by atoms with E-state index in [1.54, 1.807) is 0 Å². The Labute approximate surface area is 113 Å². The molecule has 9 heteroatoms. The van der Waals surface area contributed by atoms with Gasteiger partial charge in [-0.05, 0) is 12.5 Å². The first-order valence-electron chi connectivity index (χ1n) is 5.91. The van der Waals surface area contributed by atoms with Gasteiger partial charge < -0.3 is 10.2 Å². The standard InChI is InChI=1S/C11H15F3N4O2/c1-3-6-15-9-5-4-8(18(19)20)10(16-9)17(2)7-11(12,13)14/h4-5H,3,6-7H2,1-2H3,(H,15,16). The largest absolute Gasteiger partial charge is 0.405 e. The predicted octanol–water partition coefficient (Wildman–Crippen LogP) is 2.81. The summed E-state index contributed by atoms with van der Waals surface area (Å²) in [5, 5.41) is 13.7. The van der Waals surface area contributed by atoms with E-state index in [1.807, 2.05) is 6.92 Å². The molecule has 0 aliphatic carbocycles. The molecule has 0 saturated carbocycles. The van der Waals surface area contributed by atoms with Crippen LogP contribution in [0.5, 0.6) is 0 Å². The number of aromatic nitrogens is 1. The number of alkyl halides is 3. The minimum Gasteiger partial charge on any atom is -0.370 e. The van der Waals surface area contributed by atoms with Gasteiger partial charge in [-0.1, -0.05) is 6.92 Å². The summed E-state index contributed by atoms with van der Waals surface area (Å²) in [5.74, 6) is -0.00472. The summed E-state index contributed by atoms with van der Waals surface area (Å²) < 4.78 is 37.1. The summed E-state index contributed by atoms with van der Waals surface area (Å²) in [6.45, 7) is 1.18. The highest BCUT2D eigenvalue weighted by Crippen LogP contribution is 2.29. The monoisotopic (exact) mass is 292 g/mol. The summed E-state index contributed by atoms with van der Waals surface area (Å²) in [7, 11) is 1.12. The van der Waals surface area contributed by atoms with Crippen LogP contribution < -0.4 is 10.2 Å². The Morgan fingerprint density at radius 2 is 2.10 bits per heavy atom. The van der Waals surface area contributed by atoms with Gasteiger partial charge in [0, 0.05) is 19.7 Å². The molecule has 0 spiro atoms. The van der Waals surface area contributed by atoms with Crippen LogP contribution in [-0.4, -0.2) is 36.2 Å². The number of nitrogens with zero attached hydrogens (tertiary/aromatic N) is 3. The van der Waals surface area contributed by atoms with Crippen LogP contribution in [0.2, 0.25) is 0 Å². The highest BCUT2D eigenvalue weighted by Gasteiger charge is 2.32. The molecule has 112 valence electrons. The number of hydrogen-bond donors (Lipinski definition) is 1. The van der Waals surface area contributed by atoms with Gasteiger partial charge in [0.25, 0.3) is 0 Å². The average molecular weight is 292 g/mol.